The molecule has 2 aliphatic rings. The number of carbonyl (C=O) groups is 1. The van der Waals surface area contributed by atoms with Crippen LogP contribution in [0.5, 0.6) is 5.75 Å². The Balaban J connectivity index is 1.47. The van der Waals surface area contributed by atoms with Crippen LogP contribution in [0.2, 0.25) is 5.02 Å². The van der Waals surface area contributed by atoms with Gasteiger partial charge in [0.25, 0.3) is 0 Å². The van der Waals surface area contributed by atoms with Gasteiger partial charge in [-0.1, -0.05) is 42.6 Å². The Labute approximate surface area is 193 Å². The predicted octanol–water partition coefficient (Wildman–Crippen LogP) is 5.43. The van der Waals surface area contributed by atoms with Crippen molar-refractivity contribution in [2.45, 2.75) is 76.1 Å². The lowest BCUT2D eigenvalue weighted by Crippen LogP contribution is -2.36. The van der Waals surface area contributed by atoms with Gasteiger partial charge in [0.05, 0.1) is 5.75 Å². The summed E-state index contributed by atoms with van der Waals surface area (Å²) in [4.78, 5) is 14.6. The number of rotatable bonds is 7. The fourth-order valence-corrected chi connectivity index (χ4v) is 5.64. The number of aryl methyl sites for hydroxylation is 1. The van der Waals surface area contributed by atoms with E-state index in [1.165, 1.54) is 37.4 Å². The summed E-state index contributed by atoms with van der Waals surface area (Å²) in [6, 6.07) is 6.01. The molecule has 0 N–H and O–H groups in total. The van der Waals surface area contributed by atoms with E-state index in [1.54, 1.807) is 0 Å². The van der Waals surface area contributed by atoms with E-state index < -0.39 is 0 Å². The van der Waals surface area contributed by atoms with Gasteiger partial charge < -0.3 is 9.64 Å². The molecule has 0 unspecified atom stereocenters. The molecule has 2 fully saturated rings. The first-order valence-electron chi connectivity index (χ1n) is 11.3. The average Bonchev–Trinajstić information content (AvgIpc) is 3.21. The summed E-state index contributed by atoms with van der Waals surface area (Å²) in [5.74, 6) is 2.26. The van der Waals surface area contributed by atoms with Crippen molar-refractivity contribution in [2.24, 2.45) is 0 Å². The topological polar surface area (TPSA) is 60.3 Å². The smallest absolute Gasteiger partial charge is 0.233 e. The number of halogens is 1. The Morgan fingerprint density at radius 2 is 1.87 bits per heavy atom. The number of aromatic nitrogens is 3. The molecule has 2 heterocycles. The first-order valence-corrected chi connectivity index (χ1v) is 12.7. The van der Waals surface area contributed by atoms with Crippen molar-refractivity contribution in [1.82, 2.24) is 19.7 Å². The summed E-state index contributed by atoms with van der Waals surface area (Å²) in [7, 11) is 0. The molecule has 0 spiro atoms. The first-order chi connectivity index (χ1) is 15.1. The summed E-state index contributed by atoms with van der Waals surface area (Å²) in [5, 5.41) is 10.5. The van der Waals surface area contributed by atoms with Crippen LogP contribution in [-0.4, -0.2) is 44.4 Å². The highest BCUT2D eigenvalue weighted by atomic mass is 35.5. The van der Waals surface area contributed by atoms with E-state index in [4.69, 9.17) is 16.3 Å². The lowest BCUT2D eigenvalue weighted by molar-refractivity contribution is -0.129. The van der Waals surface area contributed by atoms with E-state index in [0.717, 1.165) is 61.1 Å². The van der Waals surface area contributed by atoms with Crippen LogP contribution in [0.3, 0.4) is 0 Å². The zero-order valence-corrected chi connectivity index (χ0v) is 19.8. The molecule has 8 heteroatoms. The number of ether oxygens (including phenoxy) is 1. The van der Waals surface area contributed by atoms with Gasteiger partial charge in [-0.05, 0) is 62.8 Å². The normalized spacial score (nSPS) is 17.7. The highest BCUT2D eigenvalue weighted by molar-refractivity contribution is 7.99. The SMILES string of the molecule is Cc1cc(Cl)ccc1OCc1nnc(SCC(=O)N2CCCCC2)n1C1CCCCC1. The molecule has 1 saturated heterocycles. The standard InChI is InChI=1S/C23H31ClN4O2S/c1-17-14-18(24)10-11-20(17)30-15-21-25-26-23(28(21)19-8-4-2-5-9-19)31-16-22(29)27-12-6-3-7-13-27/h10-11,14,19H,2-9,12-13,15-16H2,1H3. The largest absolute Gasteiger partial charge is 0.485 e. The van der Waals surface area contributed by atoms with Gasteiger partial charge in [0.1, 0.15) is 12.4 Å². The molecule has 0 bridgehead atoms. The maximum Gasteiger partial charge on any atom is 0.233 e. The molecule has 4 rings (SSSR count). The molecule has 31 heavy (non-hydrogen) atoms. The Kier molecular flexibility index (Phi) is 7.77. The molecular weight excluding hydrogens is 432 g/mol. The van der Waals surface area contributed by atoms with E-state index in [-0.39, 0.29) is 5.91 Å². The Morgan fingerprint density at radius 1 is 1.13 bits per heavy atom. The summed E-state index contributed by atoms with van der Waals surface area (Å²) < 4.78 is 8.31. The fraction of sp³-hybridized carbons (Fsp3) is 0.609. The Morgan fingerprint density at radius 3 is 2.61 bits per heavy atom. The summed E-state index contributed by atoms with van der Waals surface area (Å²) in [5.41, 5.74) is 0.998. The van der Waals surface area contributed by atoms with Crippen molar-refractivity contribution in [2.75, 3.05) is 18.8 Å². The van der Waals surface area contributed by atoms with E-state index in [0.29, 0.717) is 23.4 Å². The minimum Gasteiger partial charge on any atom is -0.485 e. The van der Waals surface area contributed by atoms with E-state index >= 15 is 0 Å². The van der Waals surface area contributed by atoms with E-state index in [2.05, 4.69) is 14.8 Å². The molecule has 1 saturated carbocycles. The Bertz CT molecular complexity index is 892. The van der Waals surface area contributed by atoms with Gasteiger partial charge in [0.15, 0.2) is 11.0 Å². The molecule has 6 nitrogen and oxygen atoms in total. The average molecular weight is 463 g/mol. The summed E-state index contributed by atoms with van der Waals surface area (Å²) >= 11 is 7.58. The van der Waals surface area contributed by atoms with Crippen LogP contribution >= 0.6 is 23.4 Å². The second-order valence-electron chi connectivity index (χ2n) is 8.49. The van der Waals surface area contributed by atoms with Crippen molar-refractivity contribution in [3.63, 3.8) is 0 Å². The molecule has 1 aliphatic heterocycles. The highest BCUT2D eigenvalue weighted by Crippen LogP contribution is 2.33. The number of benzene rings is 1. The lowest BCUT2D eigenvalue weighted by Gasteiger charge is -2.27. The zero-order valence-electron chi connectivity index (χ0n) is 18.2. The second-order valence-corrected chi connectivity index (χ2v) is 9.87. The summed E-state index contributed by atoms with van der Waals surface area (Å²) in [6.45, 7) is 4.11. The molecule has 1 amide bonds. The summed E-state index contributed by atoms with van der Waals surface area (Å²) in [6.07, 6.45) is 9.41. The third kappa shape index (κ3) is 5.75. The van der Waals surface area contributed by atoms with Crippen molar-refractivity contribution < 1.29 is 9.53 Å². The lowest BCUT2D eigenvalue weighted by atomic mass is 9.95. The third-order valence-corrected chi connectivity index (χ3v) is 7.37. The fourth-order valence-electron chi connectivity index (χ4n) is 4.49. The monoisotopic (exact) mass is 462 g/mol. The van der Waals surface area contributed by atoms with Crippen LogP contribution in [0.4, 0.5) is 0 Å². The van der Waals surface area contributed by atoms with Gasteiger partial charge in [0, 0.05) is 24.2 Å². The van der Waals surface area contributed by atoms with Gasteiger partial charge in [-0.2, -0.15) is 0 Å². The number of likely N-dealkylation sites (tertiary alicyclic amines) is 1. The van der Waals surface area contributed by atoms with Gasteiger partial charge in [-0.15, -0.1) is 10.2 Å². The van der Waals surface area contributed by atoms with Crippen molar-refractivity contribution in [3.05, 3.63) is 34.6 Å². The molecule has 1 aromatic carbocycles. The maximum absolute atomic E-state index is 12.7. The molecule has 2 aromatic rings. The number of carbonyl (C=O) groups excluding carboxylic acids is 1. The number of hydrogen-bond donors (Lipinski definition) is 0. The number of amides is 1. The molecular formula is C23H31ClN4O2S. The van der Waals surface area contributed by atoms with Crippen LogP contribution in [-0.2, 0) is 11.4 Å². The van der Waals surface area contributed by atoms with Gasteiger partial charge in [-0.3, -0.25) is 9.36 Å². The van der Waals surface area contributed by atoms with Gasteiger partial charge in [0.2, 0.25) is 5.91 Å². The Hall–Kier alpha value is -1.73. The van der Waals surface area contributed by atoms with E-state index in [9.17, 15) is 4.79 Å². The van der Waals surface area contributed by atoms with Crippen LogP contribution in [0.15, 0.2) is 23.4 Å². The molecule has 1 aromatic heterocycles. The predicted molar refractivity (Wildman–Crippen MR) is 124 cm³/mol. The number of piperidine rings is 1. The highest BCUT2D eigenvalue weighted by Gasteiger charge is 2.25. The first kappa shape index (κ1) is 22.5. The second kappa shape index (κ2) is 10.7. The molecule has 168 valence electrons. The third-order valence-electron chi connectivity index (χ3n) is 6.20. The van der Waals surface area contributed by atoms with E-state index in [1.807, 2.05) is 30.0 Å². The van der Waals surface area contributed by atoms with Crippen LogP contribution < -0.4 is 4.74 Å². The van der Waals surface area contributed by atoms with Crippen LogP contribution in [0.25, 0.3) is 0 Å². The maximum atomic E-state index is 12.7. The van der Waals surface area contributed by atoms with Crippen LogP contribution in [0, 0.1) is 6.92 Å². The van der Waals surface area contributed by atoms with Gasteiger partial charge >= 0.3 is 0 Å². The number of nitrogens with zero attached hydrogens (tertiary/aromatic N) is 4. The molecule has 0 radical (unpaired) electrons. The van der Waals surface area contributed by atoms with Crippen molar-refractivity contribution in [3.8, 4) is 5.75 Å². The van der Waals surface area contributed by atoms with Crippen molar-refractivity contribution >= 4 is 29.3 Å². The molecule has 0 atom stereocenters. The minimum absolute atomic E-state index is 0.206. The molecule has 1 aliphatic carbocycles. The quantitative estimate of drug-likeness (QED) is 0.513. The van der Waals surface area contributed by atoms with Crippen LogP contribution in [0.1, 0.15) is 68.8 Å². The minimum atomic E-state index is 0.206. The van der Waals surface area contributed by atoms with Gasteiger partial charge in [-0.25, -0.2) is 0 Å². The van der Waals surface area contributed by atoms with Crippen molar-refractivity contribution in [1.29, 1.82) is 0 Å². The number of thioether (sulfide) groups is 1. The zero-order chi connectivity index (χ0) is 21.6. The number of hydrogen-bond acceptors (Lipinski definition) is 5.